The summed E-state index contributed by atoms with van der Waals surface area (Å²) in [6.07, 6.45) is 0.138. The standard InChI is InChI=1S/C13H21N3O3S/c1-2-15-13(17)7-8-16-20(18,19)10-12-5-3-11(9-14)4-6-12/h3-6,16H,2,7-10,14H2,1H3,(H,15,17). The Morgan fingerprint density at radius 3 is 2.35 bits per heavy atom. The molecule has 1 amide bonds. The highest BCUT2D eigenvalue weighted by atomic mass is 32.2. The molecule has 20 heavy (non-hydrogen) atoms. The minimum atomic E-state index is -3.43. The lowest BCUT2D eigenvalue weighted by molar-refractivity contribution is -0.120. The van der Waals surface area contributed by atoms with Crippen molar-refractivity contribution >= 4 is 15.9 Å². The molecule has 112 valence electrons. The summed E-state index contributed by atoms with van der Waals surface area (Å²) >= 11 is 0. The van der Waals surface area contributed by atoms with E-state index in [0.29, 0.717) is 18.7 Å². The minimum Gasteiger partial charge on any atom is -0.356 e. The van der Waals surface area contributed by atoms with Gasteiger partial charge in [-0.15, -0.1) is 0 Å². The molecule has 1 aromatic carbocycles. The Morgan fingerprint density at radius 1 is 1.20 bits per heavy atom. The molecule has 0 heterocycles. The van der Waals surface area contributed by atoms with Crippen molar-refractivity contribution < 1.29 is 13.2 Å². The maximum Gasteiger partial charge on any atom is 0.221 e. The van der Waals surface area contributed by atoms with Gasteiger partial charge in [0, 0.05) is 26.1 Å². The molecular weight excluding hydrogens is 278 g/mol. The summed E-state index contributed by atoms with van der Waals surface area (Å²) in [5.74, 6) is -0.268. The van der Waals surface area contributed by atoms with Crippen molar-refractivity contribution in [3.05, 3.63) is 35.4 Å². The fourth-order valence-corrected chi connectivity index (χ4v) is 2.79. The molecule has 0 spiro atoms. The Morgan fingerprint density at radius 2 is 1.80 bits per heavy atom. The molecule has 0 aromatic heterocycles. The van der Waals surface area contributed by atoms with E-state index in [-0.39, 0.29) is 24.6 Å². The third-order valence-electron chi connectivity index (χ3n) is 2.66. The van der Waals surface area contributed by atoms with Gasteiger partial charge in [0.2, 0.25) is 15.9 Å². The van der Waals surface area contributed by atoms with Gasteiger partial charge in [0.15, 0.2) is 0 Å². The van der Waals surface area contributed by atoms with Gasteiger partial charge in [-0.2, -0.15) is 0 Å². The lowest BCUT2D eigenvalue weighted by atomic mass is 10.1. The fraction of sp³-hybridized carbons (Fsp3) is 0.462. The van der Waals surface area contributed by atoms with Crippen LogP contribution in [0.1, 0.15) is 24.5 Å². The normalized spacial score (nSPS) is 11.3. The number of hydrogen-bond donors (Lipinski definition) is 3. The summed E-state index contributed by atoms with van der Waals surface area (Å²) < 4.78 is 26.1. The van der Waals surface area contributed by atoms with Gasteiger partial charge in [-0.3, -0.25) is 4.79 Å². The zero-order valence-corrected chi connectivity index (χ0v) is 12.4. The van der Waals surface area contributed by atoms with Gasteiger partial charge in [-0.25, -0.2) is 13.1 Å². The van der Waals surface area contributed by atoms with Crippen molar-refractivity contribution in [3.63, 3.8) is 0 Å². The molecule has 0 bridgehead atoms. The van der Waals surface area contributed by atoms with E-state index in [1.54, 1.807) is 24.3 Å². The van der Waals surface area contributed by atoms with E-state index in [9.17, 15) is 13.2 Å². The van der Waals surface area contributed by atoms with E-state index < -0.39 is 10.0 Å². The molecule has 0 atom stereocenters. The predicted octanol–water partition coefficient (Wildman–Crippen LogP) is 0.0909. The number of carbonyl (C=O) groups excluding carboxylic acids is 1. The maximum atomic E-state index is 11.8. The Bertz CT molecular complexity index is 526. The quantitative estimate of drug-likeness (QED) is 0.633. The smallest absolute Gasteiger partial charge is 0.221 e. The van der Waals surface area contributed by atoms with E-state index in [2.05, 4.69) is 10.0 Å². The number of sulfonamides is 1. The van der Waals surface area contributed by atoms with Crippen LogP contribution < -0.4 is 15.8 Å². The molecule has 0 radical (unpaired) electrons. The number of benzene rings is 1. The van der Waals surface area contributed by atoms with E-state index in [1.807, 2.05) is 6.92 Å². The SMILES string of the molecule is CCNC(=O)CCNS(=O)(=O)Cc1ccc(CN)cc1. The minimum absolute atomic E-state index is 0.104. The molecule has 1 rings (SSSR count). The van der Waals surface area contributed by atoms with Crippen LogP contribution in [0, 0.1) is 0 Å². The maximum absolute atomic E-state index is 11.8. The molecule has 6 nitrogen and oxygen atoms in total. The zero-order chi connectivity index (χ0) is 15.0. The monoisotopic (exact) mass is 299 g/mol. The highest BCUT2D eigenvalue weighted by Crippen LogP contribution is 2.07. The molecule has 0 aliphatic carbocycles. The number of amides is 1. The van der Waals surface area contributed by atoms with Crippen molar-refractivity contribution in [2.75, 3.05) is 13.1 Å². The molecule has 0 saturated carbocycles. The van der Waals surface area contributed by atoms with Crippen molar-refractivity contribution in [1.82, 2.24) is 10.0 Å². The van der Waals surface area contributed by atoms with Crippen LogP contribution in [0.25, 0.3) is 0 Å². The lowest BCUT2D eigenvalue weighted by Crippen LogP contribution is -2.31. The predicted molar refractivity (Wildman–Crippen MR) is 78.3 cm³/mol. The molecular formula is C13H21N3O3S. The number of carbonyl (C=O) groups is 1. The first-order valence-corrected chi connectivity index (χ1v) is 8.14. The molecule has 4 N–H and O–H groups in total. The lowest BCUT2D eigenvalue weighted by Gasteiger charge is -2.07. The van der Waals surface area contributed by atoms with Crippen molar-refractivity contribution in [2.45, 2.75) is 25.6 Å². The van der Waals surface area contributed by atoms with Crippen LogP contribution >= 0.6 is 0 Å². The molecule has 0 saturated heterocycles. The van der Waals surface area contributed by atoms with Crippen LogP contribution in [-0.4, -0.2) is 27.4 Å². The molecule has 0 aliphatic heterocycles. The number of rotatable bonds is 8. The summed E-state index contributed by atoms with van der Waals surface area (Å²) in [4.78, 5) is 11.2. The van der Waals surface area contributed by atoms with Gasteiger partial charge >= 0.3 is 0 Å². The Balaban J connectivity index is 2.46. The van der Waals surface area contributed by atoms with Crippen molar-refractivity contribution in [2.24, 2.45) is 5.73 Å². The second-order valence-electron chi connectivity index (χ2n) is 4.38. The average Bonchev–Trinajstić information content (AvgIpc) is 2.39. The fourth-order valence-electron chi connectivity index (χ4n) is 1.65. The second kappa shape index (κ2) is 7.98. The molecule has 0 unspecified atom stereocenters. The molecule has 7 heteroatoms. The summed E-state index contributed by atoms with van der Waals surface area (Å²) in [6.45, 7) is 2.89. The van der Waals surface area contributed by atoms with Crippen LogP contribution in [0.5, 0.6) is 0 Å². The third kappa shape index (κ3) is 6.14. The number of nitrogens with two attached hydrogens (primary N) is 1. The summed E-state index contributed by atoms with van der Waals surface area (Å²) in [5.41, 5.74) is 7.12. The van der Waals surface area contributed by atoms with Gasteiger partial charge in [-0.1, -0.05) is 24.3 Å². The van der Waals surface area contributed by atoms with Crippen LogP contribution in [0.2, 0.25) is 0 Å². The van der Waals surface area contributed by atoms with E-state index in [1.165, 1.54) is 0 Å². The Hall–Kier alpha value is -1.44. The summed E-state index contributed by atoms with van der Waals surface area (Å²) in [7, 11) is -3.43. The van der Waals surface area contributed by atoms with Gasteiger partial charge < -0.3 is 11.1 Å². The van der Waals surface area contributed by atoms with Gasteiger partial charge in [0.05, 0.1) is 5.75 Å². The van der Waals surface area contributed by atoms with Gasteiger partial charge in [0.25, 0.3) is 0 Å². The number of nitrogens with one attached hydrogen (secondary N) is 2. The first kappa shape index (κ1) is 16.6. The van der Waals surface area contributed by atoms with E-state index in [0.717, 1.165) is 5.56 Å². The van der Waals surface area contributed by atoms with E-state index in [4.69, 9.17) is 5.73 Å². The summed E-state index contributed by atoms with van der Waals surface area (Å²) in [6, 6.07) is 7.09. The Kier molecular flexibility index (Phi) is 6.63. The van der Waals surface area contributed by atoms with Crippen molar-refractivity contribution in [1.29, 1.82) is 0 Å². The first-order chi connectivity index (χ1) is 9.46. The van der Waals surface area contributed by atoms with Crippen LogP contribution in [0.15, 0.2) is 24.3 Å². The first-order valence-electron chi connectivity index (χ1n) is 6.48. The summed E-state index contributed by atoms with van der Waals surface area (Å²) in [5, 5.41) is 2.61. The second-order valence-corrected chi connectivity index (χ2v) is 6.18. The van der Waals surface area contributed by atoms with Crippen LogP contribution in [-0.2, 0) is 27.1 Å². The highest BCUT2D eigenvalue weighted by molar-refractivity contribution is 7.88. The topological polar surface area (TPSA) is 101 Å². The van der Waals surface area contributed by atoms with Crippen LogP contribution in [0.4, 0.5) is 0 Å². The third-order valence-corrected chi connectivity index (χ3v) is 4.02. The van der Waals surface area contributed by atoms with Gasteiger partial charge in [0.1, 0.15) is 0 Å². The van der Waals surface area contributed by atoms with Crippen molar-refractivity contribution in [3.8, 4) is 0 Å². The molecule has 0 aliphatic rings. The van der Waals surface area contributed by atoms with Gasteiger partial charge in [-0.05, 0) is 18.1 Å². The highest BCUT2D eigenvalue weighted by Gasteiger charge is 2.11. The van der Waals surface area contributed by atoms with Crippen LogP contribution in [0.3, 0.4) is 0 Å². The largest absolute Gasteiger partial charge is 0.356 e. The molecule has 1 aromatic rings. The van der Waals surface area contributed by atoms with E-state index >= 15 is 0 Å². The molecule has 0 fully saturated rings. The average molecular weight is 299 g/mol. The zero-order valence-electron chi connectivity index (χ0n) is 11.6. The number of hydrogen-bond acceptors (Lipinski definition) is 4. The Labute approximate surface area is 119 Å².